The van der Waals surface area contributed by atoms with Gasteiger partial charge in [0, 0.05) is 19.7 Å². The minimum absolute atomic E-state index is 0.0986. The molecule has 2 nitrogen and oxygen atoms in total. The maximum absolute atomic E-state index is 11.1. The van der Waals surface area contributed by atoms with E-state index in [9.17, 15) is 4.79 Å². The minimum Gasteiger partial charge on any atom is -0.316 e. The largest absolute Gasteiger partial charge is 0.316 e. The summed E-state index contributed by atoms with van der Waals surface area (Å²) in [6.45, 7) is 1.26. The third-order valence-electron chi connectivity index (χ3n) is 1.29. The van der Waals surface area contributed by atoms with Gasteiger partial charge in [-0.25, -0.2) is 0 Å². The molecule has 0 atom stereocenters. The Morgan fingerprint density at radius 1 is 1.45 bits per heavy atom. The van der Waals surface area contributed by atoms with E-state index in [0.717, 1.165) is 4.90 Å². The molecule has 1 amide bonds. The molecule has 0 spiro atoms. The normalized spacial score (nSPS) is 15.6. The lowest BCUT2D eigenvalue weighted by molar-refractivity contribution is -0.116. The van der Waals surface area contributed by atoms with Crippen LogP contribution in [-0.2, 0) is 4.79 Å². The summed E-state index contributed by atoms with van der Waals surface area (Å²) >= 11 is 0. The molecule has 0 aliphatic heterocycles. The number of nitrogens with zero attached hydrogens (tertiary/aromatic N) is 1. The molecule has 0 aliphatic carbocycles. The van der Waals surface area contributed by atoms with Gasteiger partial charge < -0.3 is 4.90 Å². The Hall–Kier alpha value is -1.31. The van der Waals surface area contributed by atoms with Crippen LogP contribution in [0.4, 0.5) is 5.69 Å². The molecule has 1 aromatic rings. The van der Waals surface area contributed by atoms with Crippen LogP contribution >= 0.6 is 0 Å². The molecule has 0 fully saturated rings. The van der Waals surface area contributed by atoms with Crippen LogP contribution < -0.4 is 4.90 Å². The van der Waals surface area contributed by atoms with Crippen LogP contribution in [0.5, 0.6) is 0 Å². The maximum atomic E-state index is 11.1. The second-order valence-electron chi connectivity index (χ2n) is 2.05. The monoisotopic (exact) mass is 154 g/mol. The second-order valence-corrected chi connectivity index (χ2v) is 2.05. The summed E-state index contributed by atoms with van der Waals surface area (Å²) in [6, 6.07) is -2.09. The molecule has 0 heterocycles. The standard InChI is InChI=1S/C9H11NO/c1-8(11)10(2)9-6-4-3-5-7-9/h3-7H,1-2H3/i3D,4D,5D,6D,7D. The van der Waals surface area contributed by atoms with E-state index < -0.39 is 24.0 Å². The first-order chi connectivity index (χ1) is 7.29. The van der Waals surface area contributed by atoms with E-state index in [1.807, 2.05) is 0 Å². The van der Waals surface area contributed by atoms with E-state index in [2.05, 4.69) is 0 Å². The van der Waals surface area contributed by atoms with Crippen molar-refractivity contribution in [2.24, 2.45) is 0 Å². The van der Waals surface area contributed by atoms with Gasteiger partial charge in [-0.1, -0.05) is 18.1 Å². The van der Waals surface area contributed by atoms with Crippen LogP contribution in [0.3, 0.4) is 0 Å². The Kier molecular flexibility index (Phi) is 0.984. The number of hydrogen-bond acceptors (Lipinski definition) is 1. The summed E-state index contributed by atoms with van der Waals surface area (Å²) in [5.74, 6) is -0.390. The first-order valence-electron chi connectivity index (χ1n) is 5.60. The fraction of sp³-hybridized carbons (Fsp3) is 0.222. The van der Waals surface area contributed by atoms with Crippen molar-refractivity contribution in [1.82, 2.24) is 0 Å². The van der Waals surface area contributed by atoms with Gasteiger partial charge in [0.25, 0.3) is 0 Å². The average molecular weight is 154 g/mol. The lowest BCUT2D eigenvalue weighted by Gasteiger charge is -2.13. The highest BCUT2D eigenvalue weighted by molar-refractivity contribution is 5.90. The number of hydrogen-bond donors (Lipinski definition) is 0. The molecule has 0 saturated heterocycles. The van der Waals surface area contributed by atoms with Crippen molar-refractivity contribution in [1.29, 1.82) is 0 Å². The Morgan fingerprint density at radius 2 is 2.00 bits per heavy atom. The summed E-state index contributed by atoms with van der Waals surface area (Å²) in [7, 11) is 1.37. The Labute approximate surface area is 73.5 Å². The zero-order valence-corrected chi connectivity index (χ0v) is 6.36. The smallest absolute Gasteiger partial charge is 0.223 e. The summed E-state index contributed by atoms with van der Waals surface area (Å²) in [5, 5.41) is 0. The molecule has 0 aromatic heterocycles. The second kappa shape index (κ2) is 3.19. The van der Waals surface area contributed by atoms with Gasteiger partial charge in [0.2, 0.25) is 5.91 Å². The summed E-state index contributed by atoms with van der Waals surface area (Å²) < 4.78 is 37.4. The minimum atomic E-state index is -0.462. The highest BCUT2D eigenvalue weighted by Gasteiger charge is 2.02. The molecule has 58 valence electrons. The number of rotatable bonds is 1. The summed E-state index contributed by atoms with van der Waals surface area (Å²) in [6.07, 6.45) is 0. The number of benzene rings is 1. The Bertz CT molecular complexity index is 431. The topological polar surface area (TPSA) is 20.3 Å². The molecule has 0 unspecified atom stereocenters. The van der Waals surface area contributed by atoms with Gasteiger partial charge in [-0.05, 0) is 12.1 Å². The van der Waals surface area contributed by atoms with Crippen molar-refractivity contribution in [3.05, 3.63) is 30.2 Å². The van der Waals surface area contributed by atoms with Crippen LogP contribution in [0, 0.1) is 0 Å². The van der Waals surface area contributed by atoms with Crippen LogP contribution in [0.25, 0.3) is 0 Å². The number of para-hydroxylation sites is 1. The Morgan fingerprint density at radius 3 is 2.45 bits per heavy atom. The highest BCUT2D eigenvalue weighted by Crippen LogP contribution is 2.10. The lowest BCUT2D eigenvalue weighted by atomic mass is 10.3. The molecule has 0 radical (unpaired) electrons. The van der Waals surface area contributed by atoms with Gasteiger partial charge in [0.05, 0.1) is 6.85 Å². The van der Waals surface area contributed by atoms with Crippen molar-refractivity contribution in [2.45, 2.75) is 6.92 Å². The van der Waals surface area contributed by atoms with Crippen LogP contribution in [0.2, 0.25) is 0 Å². The van der Waals surface area contributed by atoms with Gasteiger partial charge in [0.1, 0.15) is 0 Å². The van der Waals surface area contributed by atoms with Gasteiger partial charge in [-0.3, -0.25) is 4.79 Å². The van der Waals surface area contributed by atoms with Crippen molar-refractivity contribution in [3.8, 4) is 0 Å². The third kappa shape index (κ3) is 1.80. The molecule has 1 aromatic carbocycles. The fourth-order valence-electron chi connectivity index (χ4n) is 0.569. The third-order valence-corrected chi connectivity index (χ3v) is 1.29. The van der Waals surface area contributed by atoms with E-state index in [-0.39, 0.29) is 17.8 Å². The Balaban J connectivity index is 3.57. The fourth-order valence-corrected chi connectivity index (χ4v) is 0.569. The van der Waals surface area contributed by atoms with Crippen molar-refractivity contribution < 1.29 is 11.6 Å². The molecule has 0 saturated carbocycles. The summed E-state index contributed by atoms with van der Waals surface area (Å²) in [5.41, 5.74) is -0.0986. The van der Waals surface area contributed by atoms with E-state index in [1.165, 1.54) is 14.0 Å². The predicted molar refractivity (Wildman–Crippen MR) is 45.5 cm³/mol. The van der Waals surface area contributed by atoms with E-state index in [4.69, 9.17) is 6.85 Å². The quantitative estimate of drug-likeness (QED) is 0.602. The zero-order valence-electron chi connectivity index (χ0n) is 11.4. The number of anilines is 1. The average Bonchev–Trinajstić information content (AvgIpc) is 2.23. The van der Waals surface area contributed by atoms with Crippen molar-refractivity contribution in [3.63, 3.8) is 0 Å². The zero-order chi connectivity index (χ0) is 12.6. The van der Waals surface area contributed by atoms with E-state index >= 15 is 0 Å². The summed E-state index contributed by atoms with van der Waals surface area (Å²) in [4.78, 5) is 12.2. The van der Waals surface area contributed by atoms with E-state index in [0.29, 0.717) is 0 Å². The molecule has 0 N–H and O–H groups in total. The highest BCUT2D eigenvalue weighted by atomic mass is 16.2. The van der Waals surface area contributed by atoms with Gasteiger partial charge in [0.15, 0.2) is 0 Å². The number of carbonyl (C=O) groups excluding carboxylic acids is 1. The van der Waals surface area contributed by atoms with E-state index in [1.54, 1.807) is 0 Å². The first-order valence-corrected chi connectivity index (χ1v) is 3.10. The van der Waals surface area contributed by atoms with Crippen molar-refractivity contribution in [2.75, 3.05) is 11.9 Å². The molecular weight excluding hydrogens is 138 g/mol. The van der Waals surface area contributed by atoms with Gasteiger partial charge in [-0.2, -0.15) is 0 Å². The number of amides is 1. The SMILES string of the molecule is [2H]c1c([2H])c([2H])c(N(C)C(C)=O)c([2H])c1[2H]. The molecule has 2 heteroatoms. The lowest BCUT2D eigenvalue weighted by Crippen LogP contribution is -2.22. The van der Waals surface area contributed by atoms with Crippen molar-refractivity contribution >= 4 is 11.6 Å². The van der Waals surface area contributed by atoms with Gasteiger partial charge >= 0.3 is 0 Å². The van der Waals surface area contributed by atoms with Crippen LogP contribution in [0.15, 0.2) is 30.2 Å². The molecule has 0 bridgehead atoms. The molecular formula is C9H11NO. The number of carbonyl (C=O) groups is 1. The molecule has 11 heavy (non-hydrogen) atoms. The van der Waals surface area contributed by atoms with Gasteiger partial charge in [-0.15, -0.1) is 0 Å². The van der Waals surface area contributed by atoms with Crippen LogP contribution in [-0.4, -0.2) is 13.0 Å². The predicted octanol–water partition coefficient (Wildman–Crippen LogP) is 1.67. The molecule has 1 rings (SSSR count). The van der Waals surface area contributed by atoms with Crippen LogP contribution in [0.1, 0.15) is 13.8 Å². The first kappa shape index (κ1) is 3.39. The maximum Gasteiger partial charge on any atom is 0.223 e. The molecule has 0 aliphatic rings.